The van der Waals surface area contributed by atoms with Crippen LogP contribution >= 0.6 is 35.0 Å². The van der Waals surface area contributed by atoms with Gasteiger partial charge in [0.15, 0.2) is 0 Å². The summed E-state index contributed by atoms with van der Waals surface area (Å²) in [6.07, 6.45) is 0.758. The van der Waals surface area contributed by atoms with Gasteiger partial charge in [-0.3, -0.25) is 4.79 Å². The number of ether oxygens (including phenoxy) is 1. The lowest BCUT2D eigenvalue weighted by atomic mass is 10.2. The van der Waals surface area contributed by atoms with Crippen LogP contribution in [0.15, 0.2) is 53.4 Å². The molecule has 0 aromatic heterocycles. The Kier molecular flexibility index (Phi) is 5.95. The van der Waals surface area contributed by atoms with Crippen molar-refractivity contribution in [3.8, 4) is 5.75 Å². The third-order valence-electron chi connectivity index (χ3n) is 3.85. The molecule has 1 N–H and O–H groups in total. The highest BCUT2D eigenvalue weighted by Gasteiger charge is 2.51. The van der Waals surface area contributed by atoms with Gasteiger partial charge in [0.1, 0.15) is 10.1 Å². The predicted octanol–water partition coefficient (Wildman–Crippen LogP) is 5.83. The molecular formula is C18H15Cl2F2NO2S. The highest BCUT2D eigenvalue weighted by atomic mass is 35.5. The summed E-state index contributed by atoms with van der Waals surface area (Å²) in [6, 6.07) is 13.0. The molecule has 0 bridgehead atoms. The van der Waals surface area contributed by atoms with Crippen LogP contribution in [-0.4, -0.2) is 22.6 Å². The molecule has 138 valence electrons. The van der Waals surface area contributed by atoms with E-state index in [4.69, 9.17) is 23.2 Å². The number of para-hydroxylation sites is 1. The van der Waals surface area contributed by atoms with Crippen molar-refractivity contribution in [1.29, 1.82) is 0 Å². The van der Waals surface area contributed by atoms with Crippen molar-refractivity contribution in [2.24, 2.45) is 5.92 Å². The van der Waals surface area contributed by atoms with Gasteiger partial charge in [-0.1, -0.05) is 18.2 Å². The van der Waals surface area contributed by atoms with Crippen molar-refractivity contribution in [3.63, 3.8) is 0 Å². The van der Waals surface area contributed by atoms with E-state index in [9.17, 15) is 13.6 Å². The Morgan fingerprint density at radius 1 is 1.27 bits per heavy atom. The summed E-state index contributed by atoms with van der Waals surface area (Å²) in [7, 11) is 0. The maximum atomic E-state index is 12.5. The van der Waals surface area contributed by atoms with Gasteiger partial charge in [0.2, 0.25) is 0 Å². The van der Waals surface area contributed by atoms with Crippen molar-refractivity contribution in [2.75, 3.05) is 11.1 Å². The average Bonchev–Trinajstić information content (AvgIpc) is 3.20. The zero-order valence-corrected chi connectivity index (χ0v) is 15.8. The SMILES string of the molecule is O=C(Nc1ccccc1SC[C@H]1CC1(Cl)Cl)c1cccc(OC(F)F)c1. The molecule has 1 aliphatic carbocycles. The number of rotatable bonds is 7. The smallest absolute Gasteiger partial charge is 0.387 e. The van der Waals surface area contributed by atoms with Gasteiger partial charge in [0.05, 0.1) is 5.69 Å². The van der Waals surface area contributed by atoms with Gasteiger partial charge in [-0.05, 0) is 36.8 Å². The zero-order chi connectivity index (χ0) is 18.7. The van der Waals surface area contributed by atoms with Gasteiger partial charge < -0.3 is 10.1 Å². The van der Waals surface area contributed by atoms with Crippen LogP contribution in [0.25, 0.3) is 0 Å². The molecule has 3 rings (SSSR count). The molecule has 0 aliphatic heterocycles. The molecule has 0 unspecified atom stereocenters. The first kappa shape index (κ1) is 19.3. The predicted molar refractivity (Wildman–Crippen MR) is 101 cm³/mol. The van der Waals surface area contributed by atoms with Crippen LogP contribution < -0.4 is 10.1 Å². The van der Waals surface area contributed by atoms with Crippen LogP contribution in [0.5, 0.6) is 5.75 Å². The number of carbonyl (C=O) groups is 1. The van der Waals surface area contributed by atoms with Crippen LogP contribution in [0, 0.1) is 5.92 Å². The highest BCUT2D eigenvalue weighted by Crippen LogP contribution is 2.55. The molecule has 3 nitrogen and oxygen atoms in total. The summed E-state index contributed by atoms with van der Waals surface area (Å²) < 4.78 is 28.3. The monoisotopic (exact) mass is 417 g/mol. The van der Waals surface area contributed by atoms with Gasteiger partial charge in [-0.25, -0.2) is 0 Å². The molecule has 8 heteroatoms. The standard InChI is InChI=1S/C18H15Cl2F2NO2S/c19-18(20)9-12(18)10-26-15-7-2-1-6-14(15)23-16(24)11-4-3-5-13(8-11)25-17(21)22/h1-8,12,17H,9-10H2,(H,23,24)/t12-/m1/s1. The number of halogens is 4. The molecule has 1 atom stereocenters. The fraction of sp³-hybridized carbons (Fsp3) is 0.278. The summed E-state index contributed by atoms with van der Waals surface area (Å²) in [5.74, 6) is 0.498. The van der Waals surface area contributed by atoms with E-state index in [0.717, 1.165) is 17.1 Å². The summed E-state index contributed by atoms with van der Waals surface area (Å²) >= 11 is 13.7. The second-order valence-corrected chi connectivity index (χ2v) is 8.43. The number of hydrogen-bond donors (Lipinski definition) is 1. The Balaban J connectivity index is 1.67. The first-order valence-corrected chi connectivity index (χ1v) is 9.55. The van der Waals surface area contributed by atoms with Crippen LogP contribution in [-0.2, 0) is 0 Å². The molecule has 0 saturated heterocycles. The number of amides is 1. The fourth-order valence-electron chi connectivity index (χ4n) is 2.34. The normalized spacial score (nSPS) is 17.8. The second-order valence-electron chi connectivity index (χ2n) is 5.83. The van der Waals surface area contributed by atoms with Crippen molar-refractivity contribution in [3.05, 3.63) is 54.1 Å². The molecular weight excluding hydrogens is 403 g/mol. The highest BCUT2D eigenvalue weighted by molar-refractivity contribution is 7.99. The number of thioether (sulfide) groups is 1. The molecule has 0 radical (unpaired) electrons. The first-order valence-electron chi connectivity index (χ1n) is 7.81. The Morgan fingerprint density at radius 3 is 2.69 bits per heavy atom. The van der Waals surface area contributed by atoms with E-state index in [2.05, 4.69) is 10.1 Å². The van der Waals surface area contributed by atoms with E-state index < -0.39 is 16.9 Å². The number of benzene rings is 2. The van der Waals surface area contributed by atoms with Crippen molar-refractivity contribution >= 4 is 46.6 Å². The van der Waals surface area contributed by atoms with E-state index in [1.165, 1.54) is 24.3 Å². The molecule has 1 aliphatic rings. The quantitative estimate of drug-likeness (QED) is 0.455. The lowest BCUT2D eigenvalue weighted by Gasteiger charge is -2.12. The topological polar surface area (TPSA) is 38.3 Å². The molecule has 26 heavy (non-hydrogen) atoms. The fourth-order valence-corrected chi connectivity index (χ4v) is 4.29. The van der Waals surface area contributed by atoms with Gasteiger partial charge in [0, 0.05) is 22.1 Å². The van der Waals surface area contributed by atoms with E-state index in [1.54, 1.807) is 23.9 Å². The largest absolute Gasteiger partial charge is 0.435 e. The van der Waals surface area contributed by atoms with Gasteiger partial charge >= 0.3 is 6.61 Å². The lowest BCUT2D eigenvalue weighted by Crippen LogP contribution is -2.13. The first-order chi connectivity index (χ1) is 12.3. The second kappa shape index (κ2) is 8.03. The molecule has 2 aromatic rings. The molecule has 1 fully saturated rings. The number of anilines is 1. The van der Waals surface area contributed by atoms with Crippen LogP contribution in [0.3, 0.4) is 0 Å². The van der Waals surface area contributed by atoms with Crippen LogP contribution in [0.4, 0.5) is 14.5 Å². The van der Waals surface area contributed by atoms with Crippen LogP contribution in [0.2, 0.25) is 0 Å². The van der Waals surface area contributed by atoms with Gasteiger partial charge in [-0.2, -0.15) is 8.78 Å². The van der Waals surface area contributed by atoms with Crippen molar-refractivity contribution in [1.82, 2.24) is 0 Å². The minimum Gasteiger partial charge on any atom is -0.435 e. The summed E-state index contributed by atoms with van der Waals surface area (Å²) in [4.78, 5) is 13.3. The Morgan fingerprint density at radius 2 is 2.00 bits per heavy atom. The molecule has 0 spiro atoms. The van der Waals surface area contributed by atoms with E-state index in [0.29, 0.717) is 5.69 Å². The third-order valence-corrected chi connectivity index (χ3v) is 6.01. The summed E-state index contributed by atoms with van der Waals surface area (Å²) in [6.45, 7) is -2.94. The Bertz CT molecular complexity index is 804. The van der Waals surface area contributed by atoms with Gasteiger partial charge in [-0.15, -0.1) is 35.0 Å². The van der Waals surface area contributed by atoms with E-state index >= 15 is 0 Å². The van der Waals surface area contributed by atoms with Crippen molar-refractivity contribution in [2.45, 2.75) is 22.3 Å². The molecule has 1 amide bonds. The zero-order valence-electron chi connectivity index (χ0n) is 13.4. The average molecular weight is 418 g/mol. The minimum atomic E-state index is -2.94. The Labute approximate surface area is 164 Å². The Hall–Kier alpha value is -1.50. The third kappa shape index (κ3) is 5.02. The number of hydrogen-bond acceptors (Lipinski definition) is 3. The molecule has 2 aromatic carbocycles. The van der Waals surface area contributed by atoms with Crippen LogP contribution in [0.1, 0.15) is 16.8 Å². The summed E-state index contributed by atoms with van der Waals surface area (Å²) in [5, 5.41) is 2.80. The van der Waals surface area contributed by atoms with E-state index in [-0.39, 0.29) is 17.2 Å². The van der Waals surface area contributed by atoms with E-state index in [1.807, 2.05) is 12.1 Å². The molecule has 0 heterocycles. The maximum Gasteiger partial charge on any atom is 0.387 e. The number of carbonyl (C=O) groups excluding carboxylic acids is 1. The number of nitrogens with one attached hydrogen (secondary N) is 1. The summed E-state index contributed by atoms with van der Waals surface area (Å²) in [5.41, 5.74) is 0.865. The number of alkyl halides is 4. The van der Waals surface area contributed by atoms with Crippen molar-refractivity contribution < 1.29 is 18.3 Å². The maximum absolute atomic E-state index is 12.5. The lowest BCUT2D eigenvalue weighted by molar-refractivity contribution is -0.0498. The molecule has 1 saturated carbocycles. The van der Waals surface area contributed by atoms with Gasteiger partial charge in [0.25, 0.3) is 5.91 Å². The minimum absolute atomic E-state index is 0.0652.